The van der Waals surface area contributed by atoms with Crippen LogP contribution in [-0.2, 0) is 0 Å². The molecule has 0 heterocycles. The number of carboxylic acid groups (broad SMARTS) is 1. The van der Waals surface area contributed by atoms with Crippen molar-refractivity contribution in [3.63, 3.8) is 0 Å². The maximum atomic E-state index is 10.7. The van der Waals surface area contributed by atoms with Gasteiger partial charge in [-0.1, -0.05) is 6.07 Å². The summed E-state index contributed by atoms with van der Waals surface area (Å²) in [6.07, 6.45) is 0. The number of anilines is 1. The van der Waals surface area contributed by atoms with Gasteiger partial charge in [-0.2, -0.15) is 0 Å². The molecule has 0 amide bonds. The van der Waals surface area contributed by atoms with Crippen molar-refractivity contribution in [2.75, 3.05) is 18.1 Å². The van der Waals surface area contributed by atoms with Crippen molar-refractivity contribution in [2.45, 2.75) is 11.8 Å². The van der Waals surface area contributed by atoms with Crippen LogP contribution in [0.2, 0.25) is 0 Å². The summed E-state index contributed by atoms with van der Waals surface area (Å²) in [6, 6.07) is 12.4. The average molecular weight is 303 g/mol. The van der Waals surface area contributed by atoms with Crippen molar-refractivity contribution in [3.8, 4) is 5.75 Å². The Kier molecular flexibility index (Phi) is 5.11. The molecule has 2 rings (SSSR count). The molecule has 0 aliphatic rings. The molecule has 2 aromatic carbocycles. The standard InChI is InChI=1S/C16H17NO3S/c1-11-2-7-15(14(17)10-11)21-9-8-20-13-5-3-12(4-6-13)16(18)19/h2-7,10H,8-9,17H2,1H3,(H,18,19). The molecule has 0 spiro atoms. The van der Waals surface area contributed by atoms with Gasteiger partial charge in [0.05, 0.1) is 12.2 Å². The normalized spacial score (nSPS) is 10.3. The van der Waals surface area contributed by atoms with E-state index in [0.29, 0.717) is 12.4 Å². The first-order valence-electron chi connectivity index (χ1n) is 6.51. The van der Waals surface area contributed by atoms with Gasteiger partial charge in [0.2, 0.25) is 0 Å². The number of nitrogen functional groups attached to an aromatic ring is 1. The van der Waals surface area contributed by atoms with Crippen LogP contribution in [0.3, 0.4) is 0 Å². The molecular formula is C16H17NO3S. The van der Waals surface area contributed by atoms with Crippen LogP contribution in [0.5, 0.6) is 5.75 Å². The molecule has 0 radical (unpaired) electrons. The number of carboxylic acids is 1. The Balaban J connectivity index is 1.80. The Morgan fingerprint density at radius 3 is 2.57 bits per heavy atom. The Hall–Kier alpha value is -2.14. The molecule has 0 bridgehead atoms. The number of hydrogen-bond donors (Lipinski definition) is 2. The summed E-state index contributed by atoms with van der Waals surface area (Å²) in [6.45, 7) is 2.54. The van der Waals surface area contributed by atoms with E-state index in [1.54, 1.807) is 23.9 Å². The van der Waals surface area contributed by atoms with E-state index in [9.17, 15) is 4.79 Å². The summed E-state index contributed by atoms with van der Waals surface area (Å²) in [4.78, 5) is 11.8. The van der Waals surface area contributed by atoms with Gasteiger partial charge >= 0.3 is 5.97 Å². The van der Waals surface area contributed by atoms with Crippen LogP contribution in [0.1, 0.15) is 15.9 Å². The summed E-state index contributed by atoms with van der Waals surface area (Å²) in [5.41, 5.74) is 8.12. The number of nitrogens with two attached hydrogens (primary N) is 1. The molecule has 0 saturated heterocycles. The van der Waals surface area contributed by atoms with Crippen LogP contribution in [0, 0.1) is 6.92 Å². The number of ether oxygens (including phenoxy) is 1. The lowest BCUT2D eigenvalue weighted by Gasteiger charge is -2.08. The fourth-order valence-corrected chi connectivity index (χ4v) is 2.58. The molecule has 0 aliphatic carbocycles. The maximum absolute atomic E-state index is 10.7. The molecule has 0 fully saturated rings. The topological polar surface area (TPSA) is 72.5 Å². The van der Waals surface area contributed by atoms with Gasteiger partial charge < -0.3 is 15.6 Å². The van der Waals surface area contributed by atoms with Crippen molar-refractivity contribution in [2.24, 2.45) is 0 Å². The summed E-state index contributed by atoms with van der Waals surface area (Å²) >= 11 is 1.64. The third-order valence-electron chi connectivity index (χ3n) is 2.88. The number of carbonyl (C=O) groups is 1. The van der Waals surface area contributed by atoms with Gasteiger partial charge in [0.1, 0.15) is 5.75 Å². The Morgan fingerprint density at radius 1 is 1.24 bits per heavy atom. The number of aryl methyl sites for hydroxylation is 1. The van der Waals surface area contributed by atoms with Gasteiger partial charge in [-0.25, -0.2) is 4.79 Å². The zero-order valence-corrected chi connectivity index (χ0v) is 12.5. The molecule has 21 heavy (non-hydrogen) atoms. The fourth-order valence-electron chi connectivity index (χ4n) is 1.80. The highest BCUT2D eigenvalue weighted by Crippen LogP contribution is 2.25. The van der Waals surface area contributed by atoms with E-state index in [0.717, 1.165) is 21.9 Å². The first-order chi connectivity index (χ1) is 10.1. The van der Waals surface area contributed by atoms with Gasteiger partial charge in [-0.05, 0) is 48.9 Å². The van der Waals surface area contributed by atoms with Crippen molar-refractivity contribution < 1.29 is 14.6 Å². The van der Waals surface area contributed by atoms with Crippen molar-refractivity contribution >= 4 is 23.4 Å². The number of benzene rings is 2. The van der Waals surface area contributed by atoms with E-state index in [-0.39, 0.29) is 5.56 Å². The SMILES string of the molecule is Cc1ccc(SCCOc2ccc(C(=O)O)cc2)c(N)c1. The molecule has 110 valence electrons. The molecule has 0 atom stereocenters. The first kappa shape index (κ1) is 15.3. The second-order valence-electron chi connectivity index (χ2n) is 4.57. The van der Waals surface area contributed by atoms with Gasteiger partial charge in [0, 0.05) is 16.3 Å². The van der Waals surface area contributed by atoms with Crippen molar-refractivity contribution in [3.05, 3.63) is 53.6 Å². The zero-order valence-electron chi connectivity index (χ0n) is 11.7. The molecule has 0 aromatic heterocycles. The van der Waals surface area contributed by atoms with Crippen LogP contribution >= 0.6 is 11.8 Å². The van der Waals surface area contributed by atoms with Gasteiger partial charge in [0.25, 0.3) is 0 Å². The number of hydrogen-bond acceptors (Lipinski definition) is 4. The minimum Gasteiger partial charge on any atom is -0.493 e. The third-order valence-corrected chi connectivity index (χ3v) is 3.93. The average Bonchev–Trinajstić information content (AvgIpc) is 2.46. The van der Waals surface area contributed by atoms with Gasteiger partial charge in [-0.3, -0.25) is 0 Å². The first-order valence-corrected chi connectivity index (χ1v) is 7.50. The molecule has 0 aliphatic heterocycles. The van der Waals surface area contributed by atoms with E-state index in [2.05, 4.69) is 0 Å². The van der Waals surface area contributed by atoms with Crippen LogP contribution in [0.15, 0.2) is 47.4 Å². The molecule has 3 N–H and O–H groups in total. The molecule has 5 heteroatoms. The summed E-state index contributed by atoms with van der Waals surface area (Å²) in [5.74, 6) is 0.498. The van der Waals surface area contributed by atoms with E-state index in [1.807, 2.05) is 25.1 Å². The van der Waals surface area contributed by atoms with Gasteiger partial charge in [0.15, 0.2) is 0 Å². The van der Waals surface area contributed by atoms with Crippen LogP contribution in [0.4, 0.5) is 5.69 Å². The second kappa shape index (κ2) is 7.04. The largest absolute Gasteiger partial charge is 0.493 e. The number of aromatic carboxylic acids is 1. The monoisotopic (exact) mass is 303 g/mol. The lowest BCUT2D eigenvalue weighted by atomic mass is 10.2. The molecule has 0 saturated carbocycles. The highest BCUT2D eigenvalue weighted by molar-refractivity contribution is 7.99. The Labute approximate surface area is 127 Å². The highest BCUT2D eigenvalue weighted by atomic mass is 32.2. The Bertz CT molecular complexity index is 626. The van der Waals surface area contributed by atoms with Gasteiger partial charge in [-0.15, -0.1) is 11.8 Å². The lowest BCUT2D eigenvalue weighted by Crippen LogP contribution is -2.01. The summed E-state index contributed by atoms with van der Waals surface area (Å²) < 4.78 is 5.57. The summed E-state index contributed by atoms with van der Waals surface area (Å²) in [5, 5.41) is 8.81. The maximum Gasteiger partial charge on any atom is 0.335 e. The smallest absolute Gasteiger partial charge is 0.335 e. The predicted molar refractivity (Wildman–Crippen MR) is 85.2 cm³/mol. The molecular weight excluding hydrogens is 286 g/mol. The third kappa shape index (κ3) is 4.43. The van der Waals surface area contributed by atoms with E-state index >= 15 is 0 Å². The van der Waals surface area contributed by atoms with Crippen molar-refractivity contribution in [1.29, 1.82) is 0 Å². The highest BCUT2D eigenvalue weighted by Gasteiger charge is 2.03. The van der Waals surface area contributed by atoms with Crippen molar-refractivity contribution in [1.82, 2.24) is 0 Å². The quantitative estimate of drug-likeness (QED) is 0.486. The molecule has 4 nitrogen and oxygen atoms in total. The number of rotatable bonds is 6. The minimum absolute atomic E-state index is 0.254. The van der Waals surface area contributed by atoms with Crippen LogP contribution in [0.25, 0.3) is 0 Å². The van der Waals surface area contributed by atoms with E-state index < -0.39 is 5.97 Å². The number of thioether (sulfide) groups is 1. The summed E-state index contributed by atoms with van der Waals surface area (Å²) in [7, 11) is 0. The van der Waals surface area contributed by atoms with Crippen LogP contribution < -0.4 is 10.5 Å². The van der Waals surface area contributed by atoms with E-state index in [4.69, 9.17) is 15.6 Å². The molecule has 0 unspecified atom stereocenters. The zero-order chi connectivity index (χ0) is 15.2. The Morgan fingerprint density at radius 2 is 1.95 bits per heavy atom. The molecule has 2 aromatic rings. The van der Waals surface area contributed by atoms with E-state index in [1.165, 1.54) is 12.1 Å². The minimum atomic E-state index is -0.938. The van der Waals surface area contributed by atoms with Crippen LogP contribution in [-0.4, -0.2) is 23.4 Å². The lowest BCUT2D eigenvalue weighted by molar-refractivity contribution is 0.0697. The second-order valence-corrected chi connectivity index (χ2v) is 5.70. The predicted octanol–water partition coefficient (Wildman–Crippen LogP) is 3.45. The fraction of sp³-hybridized carbons (Fsp3) is 0.188.